The molecule has 2 heteroatoms. The van der Waals surface area contributed by atoms with Gasteiger partial charge in [-0.25, -0.2) is 0 Å². The van der Waals surface area contributed by atoms with Crippen LogP contribution in [-0.2, 0) is 0 Å². The van der Waals surface area contributed by atoms with Crippen molar-refractivity contribution in [3.05, 3.63) is 109 Å². The Bertz CT molecular complexity index is 1400. The molecule has 2 nitrogen and oxygen atoms in total. The average Bonchev–Trinajstić information content (AvgIpc) is 2.82. The van der Waals surface area contributed by atoms with E-state index in [-0.39, 0.29) is 0 Å². The molecule has 5 rings (SSSR count). The maximum atomic E-state index is 6.63. The summed E-state index contributed by atoms with van der Waals surface area (Å²) in [6.07, 6.45) is 0. The van der Waals surface area contributed by atoms with Gasteiger partial charge in [0.1, 0.15) is 0 Å². The van der Waals surface area contributed by atoms with Gasteiger partial charge in [0.2, 0.25) is 0 Å². The Morgan fingerprint density at radius 2 is 1.17 bits per heavy atom. The van der Waals surface area contributed by atoms with Crippen LogP contribution in [0.4, 0.5) is 11.4 Å². The number of fused-ring (bicyclic) bond motifs is 3. The number of nitrogens with two attached hydrogens (primary N) is 1. The van der Waals surface area contributed by atoms with Crippen LogP contribution in [0.1, 0.15) is 12.5 Å². The summed E-state index contributed by atoms with van der Waals surface area (Å²) in [6.45, 7) is 2.05. The normalized spacial score (nSPS) is 11.8. The molecule has 0 aliphatic rings. The van der Waals surface area contributed by atoms with E-state index in [4.69, 9.17) is 10.7 Å². The van der Waals surface area contributed by atoms with Gasteiger partial charge >= 0.3 is 0 Å². The molecule has 0 aromatic heterocycles. The van der Waals surface area contributed by atoms with E-state index in [2.05, 4.69) is 84.9 Å². The lowest BCUT2D eigenvalue weighted by Crippen LogP contribution is -1.97. The Balaban J connectivity index is 1.69. The minimum atomic E-state index is 0.725. The fourth-order valence-corrected chi connectivity index (χ4v) is 4.06. The first-order chi connectivity index (χ1) is 14.7. The van der Waals surface area contributed by atoms with Crippen LogP contribution in [0.5, 0.6) is 0 Å². The predicted molar refractivity (Wildman–Crippen MR) is 130 cm³/mol. The Labute approximate surface area is 176 Å². The molecule has 0 saturated heterocycles. The van der Waals surface area contributed by atoms with Gasteiger partial charge in [-0.2, -0.15) is 0 Å². The number of aliphatic imine (C=N–C) groups is 1. The van der Waals surface area contributed by atoms with Crippen molar-refractivity contribution in [2.75, 3.05) is 5.73 Å². The number of rotatable bonds is 3. The third kappa shape index (κ3) is 3.13. The summed E-state index contributed by atoms with van der Waals surface area (Å²) in [5, 5.41) is 4.45. The Kier molecular flexibility index (Phi) is 4.53. The van der Waals surface area contributed by atoms with Crippen molar-refractivity contribution in [3.8, 4) is 11.1 Å². The van der Waals surface area contributed by atoms with E-state index in [1.807, 2.05) is 25.1 Å². The summed E-state index contributed by atoms with van der Waals surface area (Å²) in [6, 6.07) is 35.5. The molecule has 144 valence electrons. The monoisotopic (exact) mass is 386 g/mol. The van der Waals surface area contributed by atoms with E-state index < -0.39 is 0 Å². The Morgan fingerprint density at radius 1 is 0.600 bits per heavy atom. The average molecular weight is 386 g/mol. The van der Waals surface area contributed by atoms with Gasteiger partial charge in [0.15, 0.2) is 0 Å². The largest absolute Gasteiger partial charge is 0.396 e. The minimum Gasteiger partial charge on any atom is -0.396 e. The molecule has 0 heterocycles. The molecule has 0 saturated carbocycles. The topological polar surface area (TPSA) is 38.4 Å². The van der Waals surface area contributed by atoms with Gasteiger partial charge in [-0.3, -0.25) is 4.99 Å². The Morgan fingerprint density at radius 3 is 1.90 bits per heavy atom. The van der Waals surface area contributed by atoms with Crippen molar-refractivity contribution in [3.63, 3.8) is 0 Å². The molecule has 0 bridgehead atoms. The molecular formula is C28H22N2. The lowest BCUT2D eigenvalue weighted by Gasteiger charge is -2.13. The van der Waals surface area contributed by atoms with Crippen molar-refractivity contribution < 1.29 is 0 Å². The number of nitrogens with zero attached hydrogens (tertiary/aromatic N) is 1. The lowest BCUT2D eigenvalue weighted by molar-refractivity contribution is 1.50. The number of nitrogen functional groups attached to an aromatic ring is 1. The summed E-state index contributed by atoms with van der Waals surface area (Å²) in [5.74, 6) is 0. The quantitative estimate of drug-likeness (QED) is 0.196. The number of anilines is 1. The second-order valence-electron chi connectivity index (χ2n) is 7.50. The van der Waals surface area contributed by atoms with E-state index in [0.717, 1.165) is 38.8 Å². The summed E-state index contributed by atoms with van der Waals surface area (Å²) in [4.78, 5) is 5.03. The fourth-order valence-electron chi connectivity index (χ4n) is 4.06. The summed E-state index contributed by atoms with van der Waals surface area (Å²) >= 11 is 0. The highest BCUT2D eigenvalue weighted by molar-refractivity contribution is 6.20. The van der Waals surface area contributed by atoms with E-state index >= 15 is 0 Å². The van der Waals surface area contributed by atoms with E-state index in [1.54, 1.807) is 0 Å². The first-order valence-corrected chi connectivity index (χ1v) is 10.1. The number of benzene rings is 5. The van der Waals surface area contributed by atoms with Crippen LogP contribution in [0.25, 0.3) is 32.7 Å². The van der Waals surface area contributed by atoms with Crippen molar-refractivity contribution in [2.45, 2.75) is 6.92 Å². The first-order valence-electron chi connectivity index (χ1n) is 10.1. The second kappa shape index (κ2) is 7.49. The van der Waals surface area contributed by atoms with Crippen molar-refractivity contribution >= 4 is 38.6 Å². The third-order valence-corrected chi connectivity index (χ3v) is 5.61. The summed E-state index contributed by atoms with van der Waals surface area (Å²) in [7, 11) is 0. The minimum absolute atomic E-state index is 0.725. The molecular weight excluding hydrogens is 364 g/mol. The molecule has 0 amide bonds. The van der Waals surface area contributed by atoms with Gasteiger partial charge < -0.3 is 5.73 Å². The molecule has 30 heavy (non-hydrogen) atoms. The van der Waals surface area contributed by atoms with Gasteiger partial charge in [0, 0.05) is 16.5 Å². The molecule has 0 spiro atoms. The van der Waals surface area contributed by atoms with Gasteiger partial charge in [0.05, 0.1) is 11.4 Å². The highest BCUT2D eigenvalue weighted by Gasteiger charge is 2.12. The molecule has 0 fully saturated rings. The molecule has 0 atom stereocenters. The highest BCUT2D eigenvalue weighted by Crippen LogP contribution is 2.40. The lowest BCUT2D eigenvalue weighted by atomic mass is 9.98. The predicted octanol–water partition coefficient (Wildman–Crippen LogP) is 7.38. The zero-order valence-corrected chi connectivity index (χ0v) is 16.8. The van der Waals surface area contributed by atoms with Crippen LogP contribution in [-0.4, -0.2) is 5.71 Å². The van der Waals surface area contributed by atoms with Gasteiger partial charge in [-0.1, -0.05) is 97.1 Å². The maximum Gasteiger partial charge on any atom is 0.0947 e. The van der Waals surface area contributed by atoms with Crippen molar-refractivity contribution in [2.24, 2.45) is 4.99 Å². The molecule has 0 radical (unpaired) electrons. The molecule has 0 aliphatic heterocycles. The van der Waals surface area contributed by atoms with Crippen LogP contribution in [0.2, 0.25) is 0 Å². The smallest absolute Gasteiger partial charge is 0.0947 e. The molecule has 5 aromatic rings. The highest BCUT2D eigenvalue weighted by atomic mass is 14.8. The van der Waals surface area contributed by atoms with Crippen molar-refractivity contribution in [1.82, 2.24) is 0 Å². The standard InChI is InChI=1S/C28H22N2/c1-19(21-12-9-13-22(18-21)20-10-3-2-4-11-20)30-28-26-17-8-6-15-24(26)23-14-5-7-16-25(23)27(28)29/h2-18H,29H2,1H3. The van der Waals surface area contributed by atoms with Gasteiger partial charge in [-0.15, -0.1) is 0 Å². The van der Waals surface area contributed by atoms with Crippen LogP contribution in [0.15, 0.2) is 108 Å². The zero-order chi connectivity index (χ0) is 20.5. The first kappa shape index (κ1) is 18.1. The van der Waals surface area contributed by atoms with Crippen LogP contribution >= 0.6 is 0 Å². The van der Waals surface area contributed by atoms with Gasteiger partial charge in [-0.05, 0) is 40.5 Å². The summed E-state index contributed by atoms with van der Waals surface area (Å²) < 4.78 is 0. The van der Waals surface area contributed by atoms with Crippen LogP contribution < -0.4 is 5.73 Å². The SMILES string of the molecule is CC(=Nc1c(N)c2ccccc2c2ccccc12)c1cccc(-c2ccccc2)c1. The second-order valence-corrected chi connectivity index (χ2v) is 7.50. The number of hydrogen-bond donors (Lipinski definition) is 1. The van der Waals surface area contributed by atoms with E-state index in [0.29, 0.717) is 0 Å². The maximum absolute atomic E-state index is 6.63. The van der Waals surface area contributed by atoms with E-state index in [1.165, 1.54) is 16.5 Å². The summed E-state index contributed by atoms with van der Waals surface area (Å²) in [5.41, 5.74) is 12.6. The number of hydrogen-bond acceptors (Lipinski definition) is 2. The molecule has 2 N–H and O–H groups in total. The van der Waals surface area contributed by atoms with Crippen LogP contribution in [0, 0.1) is 0 Å². The van der Waals surface area contributed by atoms with Crippen LogP contribution in [0.3, 0.4) is 0 Å². The zero-order valence-electron chi connectivity index (χ0n) is 16.8. The van der Waals surface area contributed by atoms with E-state index in [9.17, 15) is 0 Å². The third-order valence-electron chi connectivity index (χ3n) is 5.61. The molecule has 0 unspecified atom stereocenters. The molecule has 5 aromatic carbocycles. The van der Waals surface area contributed by atoms with Gasteiger partial charge in [0.25, 0.3) is 0 Å². The fraction of sp³-hybridized carbons (Fsp3) is 0.0357. The van der Waals surface area contributed by atoms with Crippen molar-refractivity contribution in [1.29, 1.82) is 0 Å². The molecule has 0 aliphatic carbocycles. The Hall–Kier alpha value is -3.91.